The van der Waals surface area contributed by atoms with Crippen LogP contribution in [0.15, 0.2) is 0 Å². The van der Waals surface area contributed by atoms with Gasteiger partial charge in [-0.3, -0.25) is 0 Å². The molecule has 0 rings (SSSR count). The molecule has 0 aliphatic heterocycles. The van der Waals surface area contributed by atoms with Crippen LogP contribution in [0, 0.1) is 0 Å². The Kier molecular flexibility index (Phi) is 6.51. The fourth-order valence-electron chi connectivity index (χ4n) is 0.830. The molecule has 0 bridgehead atoms. The topological polar surface area (TPSA) is 35.5 Å². The van der Waals surface area contributed by atoms with E-state index in [-0.39, 0.29) is 12.6 Å². The number of hydrogen-bond acceptors (Lipinski definition) is 3. The summed E-state index contributed by atoms with van der Waals surface area (Å²) in [5.41, 5.74) is 0. The minimum atomic E-state index is 0.240. The lowest BCUT2D eigenvalue weighted by molar-refractivity contribution is 0.235. The van der Waals surface area contributed by atoms with E-state index in [9.17, 15) is 0 Å². The normalized spacial score (nSPS) is 13.9. The molecule has 68 valence electrons. The van der Waals surface area contributed by atoms with E-state index < -0.39 is 0 Å². The maximum absolute atomic E-state index is 8.82. The molecule has 0 aromatic rings. The first-order valence-corrected chi connectivity index (χ1v) is 4.19. The Morgan fingerprint density at radius 2 is 2.09 bits per heavy atom. The van der Waals surface area contributed by atoms with Crippen LogP contribution in [-0.2, 0) is 0 Å². The molecule has 0 saturated carbocycles. The molecule has 2 N–H and O–H groups in total. The Labute approximate surface area is 69.4 Å². The SMILES string of the molecule is CCC(CO)NCCN(C)C. The molecule has 0 spiro atoms. The number of nitrogens with zero attached hydrogens (tertiary/aromatic N) is 1. The van der Waals surface area contributed by atoms with Crippen LogP contribution in [0.1, 0.15) is 13.3 Å². The van der Waals surface area contributed by atoms with E-state index in [1.807, 2.05) is 14.1 Å². The van der Waals surface area contributed by atoms with Gasteiger partial charge in [-0.1, -0.05) is 6.92 Å². The Morgan fingerprint density at radius 1 is 1.45 bits per heavy atom. The third-order valence-electron chi connectivity index (χ3n) is 1.71. The first kappa shape index (κ1) is 10.9. The first-order valence-electron chi connectivity index (χ1n) is 4.19. The second-order valence-corrected chi connectivity index (χ2v) is 3.05. The predicted octanol–water partition coefficient (Wildman–Crippen LogP) is -0.0915. The Hall–Kier alpha value is -0.120. The number of rotatable bonds is 6. The number of aliphatic hydroxyl groups is 1. The summed E-state index contributed by atoms with van der Waals surface area (Å²) in [6.07, 6.45) is 0.990. The lowest BCUT2D eigenvalue weighted by atomic mass is 10.2. The van der Waals surface area contributed by atoms with Crippen molar-refractivity contribution < 1.29 is 5.11 Å². The van der Waals surface area contributed by atoms with Gasteiger partial charge in [-0.2, -0.15) is 0 Å². The van der Waals surface area contributed by atoms with Gasteiger partial charge >= 0.3 is 0 Å². The molecule has 11 heavy (non-hydrogen) atoms. The molecule has 0 aromatic carbocycles. The third kappa shape index (κ3) is 6.28. The fraction of sp³-hybridized carbons (Fsp3) is 1.00. The highest BCUT2D eigenvalue weighted by Gasteiger charge is 2.01. The van der Waals surface area contributed by atoms with Crippen molar-refractivity contribution in [1.29, 1.82) is 0 Å². The van der Waals surface area contributed by atoms with E-state index in [0.29, 0.717) is 0 Å². The molecule has 0 aliphatic rings. The van der Waals surface area contributed by atoms with Crippen molar-refractivity contribution in [3.63, 3.8) is 0 Å². The molecule has 1 atom stereocenters. The summed E-state index contributed by atoms with van der Waals surface area (Å²) < 4.78 is 0. The van der Waals surface area contributed by atoms with Crippen LogP contribution in [0.2, 0.25) is 0 Å². The average Bonchev–Trinajstić information content (AvgIpc) is 1.98. The van der Waals surface area contributed by atoms with E-state index in [2.05, 4.69) is 17.1 Å². The Balaban J connectivity index is 3.21. The zero-order valence-electron chi connectivity index (χ0n) is 7.80. The molecule has 0 aromatic heterocycles. The standard InChI is InChI=1S/C8H20N2O/c1-4-8(7-11)9-5-6-10(2)3/h8-9,11H,4-7H2,1-3H3. The summed E-state index contributed by atoms with van der Waals surface area (Å²) in [6, 6.07) is 0.273. The van der Waals surface area contributed by atoms with Gasteiger partial charge in [0.15, 0.2) is 0 Å². The van der Waals surface area contributed by atoms with Gasteiger partial charge < -0.3 is 15.3 Å². The fourth-order valence-corrected chi connectivity index (χ4v) is 0.830. The molecular weight excluding hydrogens is 140 g/mol. The smallest absolute Gasteiger partial charge is 0.0584 e. The second-order valence-electron chi connectivity index (χ2n) is 3.05. The van der Waals surface area contributed by atoms with Crippen molar-refractivity contribution in [1.82, 2.24) is 10.2 Å². The van der Waals surface area contributed by atoms with Crippen molar-refractivity contribution in [2.75, 3.05) is 33.8 Å². The van der Waals surface area contributed by atoms with E-state index in [4.69, 9.17) is 5.11 Å². The number of hydrogen-bond donors (Lipinski definition) is 2. The minimum absolute atomic E-state index is 0.240. The highest BCUT2D eigenvalue weighted by Crippen LogP contribution is 1.87. The molecule has 0 amide bonds. The molecular formula is C8H20N2O. The molecule has 3 nitrogen and oxygen atoms in total. The summed E-state index contributed by atoms with van der Waals surface area (Å²) in [5, 5.41) is 12.1. The van der Waals surface area contributed by atoms with Gasteiger partial charge in [-0.15, -0.1) is 0 Å². The zero-order chi connectivity index (χ0) is 8.69. The third-order valence-corrected chi connectivity index (χ3v) is 1.71. The summed E-state index contributed by atoms with van der Waals surface area (Å²) in [4.78, 5) is 2.12. The van der Waals surface area contributed by atoms with Gasteiger partial charge in [0, 0.05) is 19.1 Å². The van der Waals surface area contributed by atoms with E-state index in [0.717, 1.165) is 19.5 Å². The molecule has 0 aliphatic carbocycles. The van der Waals surface area contributed by atoms with Crippen LogP contribution in [0.3, 0.4) is 0 Å². The predicted molar refractivity (Wildman–Crippen MR) is 47.7 cm³/mol. The molecule has 3 heteroatoms. The van der Waals surface area contributed by atoms with Crippen LogP contribution in [0.5, 0.6) is 0 Å². The lowest BCUT2D eigenvalue weighted by Crippen LogP contribution is -2.36. The number of aliphatic hydroxyl groups excluding tert-OH is 1. The molecule has 0 heterocycles. The van der Waals surface area contributed by atoms with Crippen LogP contribution >= 0.6 is 0 Å². The largest absolute Gasteiger partial charge is 0.395 e. The van der Waals surface area contributed by atoms with Crippen molar-refractivity contribution in [3.05, 3.63) is 0 Å². The van der Waals surface area contributed by atoms with Crippen molar-refractivity contribution >= 4 is 0 Å². The quantitative estimate of drug-likeness (QED) is 0.570. The van der Waals surface area contributed by atoms with Crippen molar-refractivity contribution in [2.24, 2.45) is 0 Å². The Bertz CT molecular complexity index is 82.2. The van der Waals surface area contributed by atoms with Crippen molar-refractivity contribution in [3.8, 4) is 0 Å². The van der Waals surface area contributed by atoms with Crippen LogP contribution in [-0.4, -0.2) is 49.8 Å². The molecule has 1 unspecified atom stereocenters. The van der Waals surface area contributed by atoms with Gasteiger partial charge in [-0.25, -0.2) is 0 Å². The van der Waals surface area contributed by atoms with Gasteiger partial charge in [0.2, 0.25) is 0 Å². The van der Waals surface area contributed by atoms with Gasteiger partial charge in [0.25, 0.3) is 0 Å². The maximum atomic E-state index is 8.82. The highest BCUT2D eigenvalue weighted by atomic mass is 16.3. The van der Waals surface area contributed by atoms with Crippen LogP contribution < -0.4 is 5.32 Å². The Morgan fingerprint density at radius 3 is 2.45 bits per heavy atom. The lowest BCUT2D eigenvalue weighted by Gasteiger charge is -2.15. The zero-order valence-corrected chi connectivity index (χ0v) is 7.80. The summed E-state index contributed by atoms with van der Waals surface area (Å²) in [6.45, 7) is 4.29. The molecule has 0 radical (unpaired) electrons. The number of likely N-dealkylation sites (N-methyl/N-ethyl adjacent to an activating group) is 1. The van der Waals surface area contributed by atoms with Gasteiger partial charge in [0.05, 0.1) is 6.61 Å². The van der Waals surface area contributed by atoms with E-state index in [1.54, 1.807) is 0 Å². The van der Waals surface area contributed by atoms with Crippen molar-refractivity contribution in [2.45, 2.75) is 19.4 Å². The summed E-state index contributed by atoms with van der Waals surface area (Å²) >= 11 is 0. The summed E-state index contributed by atoms with van der Waals surface area (Å²) in [7, 11) is 4.09. The molecule has 0 fully saturated rings. The molecule has 0 saturated heterocycles. The van der Waals surface area contributed by atoms with Gasteiger partial charge in [0.1, 0.15) is 0 Å². The van der Waals surface area contributed by atoms with E-state index >= 15 is 0 Å². The highest BCUT2D eigenvalue weighted by molar-refractivity contribution is 4.62. The monoisotopic (exact) mass is 160 g/mol. The van der Waals surface area contributed by atoms with Crippen LogP contribution in [0.4, 0.5) is 0 Å². The van der Waals surface area contributed by atoms with Gasteiger partial charge in [-0.05, 0) is 20.5 Å². The first-order chi connectivity index (χ1) is 5.20. The number of nitrogens with one attached hydrogen (secondary N) is 1. The minimum Gasteiger partial charge on any atom is -0.395 e. The second kappa shape index (κ2) is 6.58. The summed E-state index contributed by atoms with van der Waals surface area (Å²) in [5.74, 6) is 0. The van der Waals surface area contributed by atoms with E-state index in [1.165, 1.54) is 0 Å². The maximum Gasteiger partial charge on any atom is 0.0584 e. The van der Waals surface area contributed by atoms with Crippen LogP contribution in [0.25, 0.3) is 0 Å². The average molecular weight is 160 g/mol.